The van der Waals surface area contributed by atoms with Crippen LogP contribution in [0.15, 0.2) is 12.1 Å². The van der Waals surface area contributed by atoms with Gasteiger partial charge in [-0.2, -0.15) is 0 Å². The van der Waals surface area contributed by atoms with Crippen LogP contribution in [-0.4, -0.2) is 41.5 Å². The van der Waals surface area contributed by atoms with E-state index in [9.17, 15) is 9.59 Å². The van der Waals surface area contributed by atoms with E-state index in [2.05, 4.69) is 15.6 Å². The second kappa shape index (κ2) is 4.75. The van der Waals surface area contributed by atoms with E-state index < -0.39 is 0 Å². The lowest BCUT2D eigenvalue weighted by Gasteiger charge is -2.19. The van der Waals surface area contributed by atoms with Gasteiger partial charge in [0.25, 0.3) is 5.91 Å². The Labute approximate surface area is 109 Å². The van der Waals surface area contributed by atoms with Gasteiger partial charge in [0.15, 0.2) is 18.2 Å². The number of aromatic nitrogens is 1. The van der Waals surface area contributed by atoms with Crippen molar-refractivity contribution in [2.45, 2.75) is 12.8 Å². The van der Waals surface area contributed by atoms with Gasteiger partial charge < -0.3 is 15.0 Å². The zero-order valence-electron chi connectivity index (χ0n) is 10.3. The number of amides is 3. The Morgan fingerprint density at radius 1 is 1.37 bits per heavy atom. The highest BCUT2D eigenvalue weighted by Gasteiger charge is 2.20. The topological polar surface area (TPSA) is 83.6 Å². The van der Waals surface area contributed by atoms with Crippen LogP contribution in [0.4, 0.5) is 16.4 Å². The summed E-state index contributed by atoms with van der Waals surface area (Å²) in [5.41, 5.74) is 0. The molecule has 2 N–H and O–H groups in total. The van der Waals surface area contributed by atoms with Gasteiger partial charge in [0, 0.05) is 13.1 Å². The molecule has 1 saturated heterocycles. The van der Waals surface area contributed by atoms with Gasteiger partial charge in [0.1, 0.15) is 5.82 Å². The van der Waals surface area contributed by atoms with Gasteiger partial charge in [0.05, 0.1) is 0 Å². The first-order valence-electron chi connectivity index (χ1n) is 6.22. The molecule has 3 amide bonds. The van der Waals surface area contributed by atoms with Gasteiger partial charge in [0.2, 0.25) is 0 Å². The molecule has 0 spiro atoms. The Balaban J connectivity index is 1.73. The van der Waals surface area contributed by atoms with Crippen molar-refractivity contribution in [1.29, 1.82) is 0 Å². The van der Waals surface area contributed by atoms with E-state index >= 15 is 0 Å². The molecule has 7 heteroatoms. The van der Waals surface area contributed by atoms with Crippen LogP contribution < -0.4 is 15.4 Å². The number of ether oxygens (including phenoxy) is 1. The molecule has 0 aromatic carbocycles. The zero-order chi connectivity index (χ0) is 13.2. The summed E-state index contributed by atoms with van der Waals surface area (Å²) in [4.78, 5) is 29.0. The fraction of sp³-hybridized carbons (Fsp3) is 0.417. The lowest BCUT2D eigenvalue weighted by atomic mass is 10.3. The molecule has 1 aromatic rings. The minimum absolute atomic E-state index is 0.00579. The highest BCUT2D eigenvalue weighted by Crippen LogP contribution is 2.27. The van der Waals surface area contributed by atoms with E-state index in [1.54, 1.807) is 17.0 Å². The summed E-state index contributed by atoms with van der Waals surface area (Å²) >= 11 is 0. The maximum atomic E-state index is 11.9. The summed E-state index contributed by atoms with van der Waals surface area (Å²) in [6.07, 6.45) is 2.07. The van der Waals surface area contributed by atoms with Gasteiger partial charge >= 0.3 is 6.03 Å². The van der Waals surface area contributed by atoms with Crippen molar-refractivity contribution in [3.8, 4) is 5.75 Å². The molecule has 0 saturated carbocycles. The van der Waals surface area contributed by atoms with Crippen LogP contribution in [-0.2, 0) is 4.79 Å². The fourth-order valence-corrected chi connectivity index (χ4v) is 2.14. The van der Waals surface area contributed by atoms with Crippen molar-refractivity contribution >= 4 is 23.6 Å². The molecule has 0 bridgehead atoms. The molecule has 3 rings (SSSR count). The fourth-order valence-electron chi connectivity index (χ4n) is 2.14. The number of hydrogen-bond acceptors (Lipinski definition) is 4. The van der Waals surface area contributed by atoms with Crippen molar-refractivity contribution in [3.05, 3.63) is 12.1 Å². The number of pyridine rings is 1. The molecule has 3 heterocycles. The van der Waals surface area contributed by atoms with Crippen LogP contribution in [0.1, 0.15) is 12.8 Å². The maximum absolute atomic E-state index is 11.9. The molecule has 19 heavy (non-hydrogen) atoms. The average Bonchev–Trinajstić information content (AvgIpc) is 2.92. The third-order valence-corrected chi connectivity index (χ3v) is 3.10. The quantitative estimate of drug-likeness (QED) is 0.792. The molecular formula is C12H14N4O3. The van der Waals surface area contributed by atoms with E-state index in [0.29, 0.717) is 17.4 Å². The van der Waals surface area contributed by atoms with Crippen molar-refractivity contribution < 1.29 is 14.3 Å². The third-order valence-electron chi connectivity index (χ3n) is 3.10. The molecule has 0 unspecified atom stereocenters. The first-order chi connectivity index (χ1) is 9.22. The van der Waals surface area contributed by atoms with Gasteiger partial charge in [-0.25, -0.2) is 9.78 Å². The highest BCUT2D eigenvalue weighted by molar-refractivity contribution is 5.95. The minimum atomic E-state index is -0.247. The summed E-state index contributed by atoms with van der Waals surface area (Å²) in [5, 5.41) is 5.32. The number of carbonyl (C=O) groups excluding carboxylic acids is 2. The Kier molecular flexibility index (Phi) is 2.94. The van der Waals surface area contributed by atoms with Crippen LogP contribution in [0.3, 0.4) is 0 Å². The summed E-state index contributed by atoms with van der Waals surface area (Å²) in [6, 6.07) is 3.18. The lowest BCUT2D eigenvalue weighted by molar-refractivity contribution is -0.118. The van der Waals surface area contributed by atoms with E-state index in [0.717, 1.165) is 25.9 Å². The van der Waals surface area contributed by atoms with Crippen LogP contribution in [0, 0.1) is 0 Å². The summed E-state index contributed by atoms with van der Waals surface area (Å²) in [6.45, 7) is 1.54. The summed E-state index contributed by atoms with van der Waals surface area (Å²) in [7, 11) is 0. The molecule has 2 aliphatic heterocycles. The number of anilines is 2. The normalized spacial score (nSPS) is 17.5. The number of nitrogens with zero attached hydrogens (tertiary/aromatic N) is 2. The van der Waals surface area contributed by atoms with Crippen molar-refractivity contribution in [1.82, 2.24) is 9.88 Å². The molecule has 7 nitrogen and oxygen atoms in total. The molecule has 0 radical (unpaired) electrons. The van der Waals surface area contributed by atoms with Crippen molar-refractivity contribution in [2.24, 2.45) is 0 Å². The maximum Gasteiger partial charge on any atom is 0.323 e. The second-order valence-electron chi connectivity index (χ2n) is 4.50. The number of hydrogen-bond donors (Lipinski definition) is 2. The Morgan fingerprint density at radius 3 is 2.95 bits per heavy atom. The SMILES string of the molecule is O=C1COc2ccc(NC(=O)N3CCCC3)nc2N1. The monoisotopic (exact) mass is 262 g/mol. The molecule has 100 valence electrons. The van der Waals surface area contributed by atoms with Crippen LogP contribution >= 0.6 is 0 Å². The summed E-state index contributed by atoms with van der Waals surface area (Å²) in [5.74, 6) is 1.01. The lowest BCUT2D eigenvalue weighted by Crippen LogP contribution is -2.32. The van der Waals surface area contributed by atoms with E-state index in [-0.39, 0.29) is 18.5 Å². The number of urea groups is 1. The molecular weight excluding hydrogens is 248 g/mol. The Morgan fingerprint density at radius 2 is 2.16 bits per heavy atom. The number of carbonyl (C=O) groups is 2. The van der Waals surface area contributed by atoms with Gasteiger partial charge in [-0.05, 0) is 25.0 Å². The highest BCUT2D eigenvalue weighted by atomic mass is 16.5. The second-order valence-corrected chi connectivity index (χ2v) is 4.50. The minimum Gasteiger partial charge on any atom is -0.480 e. The van der Waals surface area contributed by atoms with E-state index in [1.165, 1.54) is 0 Å². The number of fused-ring (bicyclic) bond motifs is 1. The first-order valence-corrected chi connectivity index (χ1v) is 6.22. The van der Waals surface area contributed by atoms with Crippen LogP contribution in [0.25, 0.3) is 0 Å². The van der Waals surface area contributed by atoms with Crippen LogP contribution in [0.2, 0.25) is 0 Å². The van der Waals surface area contributed by atoms with Gasteiger partial charge in [-0.3, -0.25) is 10.1 Å². The molecule has 1 aromatic heterocycles. The average molecular weight is 262 g/mol. The molecule has 2 aliphatic rings. The number of likely N-dealkylation sites (tertiary alicyclic amines) is 1. The van der Waals surface area contributed by atoms with Crippen molar-refractivity contribution in [3.63, 3.8) is 0 Å². The Hall–Kier alpha value is -2.31. The van der Waals surface area contributed by atoms with E-state index in [4.69, 9.17) is 4.74 Å². The predicted octanol–water partition coefficient (Wildman–Crippen LogP) is 1.04. The largest absolute Gasteiger partial charge is 0.480 e. The predicted molar refractivity (Wildman–Crippen MR) is 68.2 cm³/mol. The molecule has 0 aliphatic carbocycles. The van der Waals surface area contributed by atoms with Crippen molar-refractivity contribution in [2.75, 3.05) is 30.3 Å². The zero-order valence-corrected chi connectivity index (χ0v) is 10.3. The Bertz CT molecular complexity index is 526. The molecule has 1 fully saturated rings. The van der Waals surface area contributed by atoms with Gasteiger partial charge in [-0.1, -0.05) is 0 Å². The van der Waals surface area contributed by atoms with Crippen LogP contribution in [0.5, 0.6) is 5.75 Å². The smallest absolute Gasteiger partial charge is 0.323 e. The summed E-state index contributed by atoms with van der Waals surface area (Å²) < 4.78 is 5.20. The third kappa shape index (κ3) is 2.44. The number of rotatable bonds is 1. The first kappa shape index (κ1) is 11.8. The van der Waals surface area contributed by atoms with E-state index in [1.807, 2.05) is 0 Å². The standard InChI is InChI=1S/C12H14N4O3/c17-10-7-19-8-3-4-9(13-11(8)15-10)14-12(18)16-5-1-2-6-16/h3-4H,1-2,5-7H2,(H2,13,14,15,17,18). The van der Waals surface area contributed by atoms with Gasteiger partial charge in [-0.15, -0.1) is 0 Å². The number of nitrogens with one attached hydrogen (secondary N) is 2. The molecule has 0 atom stereocenters.